The maximum atomic E-state index is 10.1. The van der Waals surface area contributed by atoms with E-state index in [2.05, 4.69) is 34.6 Å². The number of nitrogens with one attached hydrogen (secondary N) is 2. The molecule has 0 unspecified atom stereocenters. The molecule has 0 saturated heterocycles. The van der Waals surface area contributed by atoms with Crippen LogP contribution in [-0.4, -0.2) is 42.3 Å². The Morgan fingerprint density at radius 2 is 2.00 bits per heavy atom. The summed E-state index contributed by atoms with van der Waals surface area (Å²) in [6.45, 7) is 6.37. The molecule has 4 nitrogen and oxygen atoms in total. The maximum Gasteiger partial charge on any atom is 0.166 e. The van der Waals surface area contributed by atoms with E-state index in [0.29, 0.717) is 17.4 Å². The zero-order chi connectivity index (χ0) is 15.8. The number of phenolic OH excluding ortho intramolecular Hbond substituents is 1. The van der Waals surface area contributed by atoms with E-state index < -0.39 is 0 Å². The smallest absolute Gasteiger partial charge is 0.166 e. The molecule has 0 atom stereocenters. The molecule has 0 aliphatic heterocycles. The van der Waals surface area contributed by atoms with Crippen LogP contribution in [0.3, 0.4) is 0 Å². The van der Waals surface area contributed by atoms with Crippen molar-refractivity contribution in [1.82, 2.24) is 15.5 Å². The lowest BCUT2D eigenvalue weighted by Gasteiger charge is -2.15. The average molecular weight is 309 g/mol. The highest BCUT2D eigenvalue weighted by molar-refractivity contribution is 7.80. The zero-order valence-electron chi connectivity index (χ0n) is 13.5. The lowest BCUT2D eigenvalue weighted by Crippen LogP contribution is -2.38. The standard InChI is InChI=1S/C16H27N3OS/c1-5-6-13-9-12(2)15(20)14(10-13)11-18-16(21)17-7-8-19(3)4/h9-10,20H,5-8,11H2,1-4H3,(H2,17,18,21). The number of phenols is 1. The Bertz CT molecular complexity index is 475. The van der Waals surface area contributed by atoms with Crippen molar-refractivity contribution in [3.63, 3.8) is 0 Å². The van der Waals surface area contributed by atoms with Crippen molar-refractivity contribution in [3.05, 3.63) is 28.8 Å². The van der Waals surface area contributed by atoms with Gasteiger partial charge in [0.2, 0.25) is 0 Å². The van der Waals surface area contributed by atoms with Crippen LogP contribution < -0.4 is 10.6 Å². The normalized spacial score (nSPS) is 10.7. The molecule has 5 heteroatoms. The number of hydrogen-bond acceptors (Lipinski definition) is 3. The lowest BCUT2D eigenvalue weighted by molar-refractivity contribution is 0.412. The van der Waals surface area contributed by atoms with E-state index in [1.807, 2.05) is 21.0 Å². The molecule has 0 aliphatic carbocycles. The minimum atomic E-state index is 0.360. The molecule has 21 heavy (non-hydrogen) atoms. The van der Waals surface area contributed by atoms with Gasteiger partial charge >= 0.3 is 0 Å². The summed E-state index contributed by atoms with van der Waals surface area (Å²) in [6.07, 6.45) is 2.13. The quantitative estimate of drug-likeness (QED) is 0.674. The first kappa shape index (κ1) is 17.7. The molecule has 118 valence electrons. The van der Waals surface area contributed by atoms with Gasteiger partial charge in [-0.3, -0.25) is 0 Å². The van der Waals surface area contributed by atoms with Crippen LogP contribution in [0.2, 0.25) is 0 Å². The largest absolute Gasteiger partial charge is 0.507 e. The predicted octanol–water partition coefficient (Wildman–Crippen LogP) is 2.18. The van der Waals surface area contributed by atoms with E-state index in [9.17, 15) is 5.11 Å². The van der Waals surface area contributed by atoms with Gasteiger partial charge in [-0.1, -0.05) is 25.5 Å². The van der Waals surface area contributed by atoms with Crippen molar-refractivity contribution < 1.29 is 5.11 Å². The van der Waals surface area contributed by atoms with Crippen molar-refractivity contribution in [1.29, 1.82) is 0 Å². The highest BCUT2D eigenvalue weighted by Crippen LogP contribution is 2.24. The zero-order valence-corrected chi connectivity index (χ0v) is 14.3. The number of benzene rings is 1. The fourth-order valence-electron chi connectivity index (χ4n) is 2.13. The van der Waals surface area contributed by atoms with Gasteiger partial charge in [0.1, 0.15) is 5.75 Å². The van der Waals surface area contributed by atoms with Crippen LogP contribution in [0.1, 0.15) is 30.0 Å². The molecule has 0 saturated carbocycles. The van der Waals surface area contributed by atoms with Crippen LogP contribution in [-0.2, 0) is 13.0 Å². The van der Waals surface area contributed by atoms with Gasteiger partial charge in [-0.05, 0) is 50.8 Å². The second kappa shape index (κ2) is 8.85. The van der Waals surface area contributed by atoms with Crippen molar-refractivity contribution in [3.8, 4) is 5.75 Å². The predicted molar refractivity (Wildman–Crippen MR) is 92.8 cm³/mol. The Hall–Kier alpha value is -1.33. The molecule has 0 aliphatic rings. The highest BCUT2D eigenvalue weighted by atomic mass is 32.1. The number of aryl methyl sites for hydroxylation is 2. The van der Waals surface area contributed by atoms with Crippen molar-refractivity contribution >= 4 is 17.3 Å². The Morgan fingerprint density at radius 3 is 2.62 bits per heavy atom. The summed E-state index contributed by atoms with van der Waals surface area (Å²) >= 11 is 5.24. The third-order valence-electron chi connectivity index (χ3n) is 3.26. The van der Waals surface area contributed by atoms with Crippen molar-refractivity contribution in [2.24, 2.45) is 0 Å². The number of likely N-dealkylation sites (N-methyl/N-ethyl adjacent to an activating group) is 1. The molecule has 0 heterocycles. The van der Waals surface area contributed by atoms with E-state index in [0.717, 1.165) is 37.1 Å². The van der Waals surface area contributed by atoms with Crippen molar-refractivity contribution in [2.45, 2.75) is 33.2 Å². The van der Waals surface area contributed by atoms with Crippen LogP contribution in [0.15, 0.2) is 12.1 Å². The van der Waals surface area contributed by atoms with Crippen LogP contribution >= 0.6 is 12.2 Å². The molecular weight excluding hydrogens is 282 g/mol. The Morgan fingerprint density at radius 1 is 1.29 bits per heavy atom. The molecule has 0 aromatic heterocycles. The number of aromatic hydroxyl groups is 1. The van der Waals surface area contributed by atoms with Crippen LogP contribution in [0.25, 0.3) is 0 Å². The summed E-state index contributed by atoms with van der Waals surface area (Å²) in [6, 6.07) is 4.11. The monoisotopic (exact) mass is 309 g/mol. The summed E-state index contributed by atoms with van der Waals surface area (Å²) in [5.41, 5.74) is 3.08. The first-order valence-corrected chi connectivity index (χ1v) is 7.82. The van der Waals surface area contributed by atoms with Gasteiger partial charge in [0.15, 0.2) is 5.11 Å². The second-order valence-electron chi connectivity index (χ2n) is 5.58. The number of thiocarbonyl (C=S) groups is 1. The molecule has 0 bridgehead atoms. The maximum absolute atomic E-state index is 10.1. The minimum Gasteiger partial charge on any atom is -0.507 e. The van der Waals surface area contributed by atoms with Gasteiger partial charge in [0, 0.05) is 25.2 Å². The van der Waals surface area contributed by atoms with Gasteiger partial charge in [0.25, 0.3) is 0 Å². The summed E-state index contributed by atoms with van der Waals surface area (Å²) in [4.78, 5) is 2.10. The van der Waals surface area contributed by atoms with E-state index in [1.165, 1.54) is 5.56 Å². The van der Waals surface area contributed by atoms with E-state index >= 15 is 0 Å². The Balaban J connectivity index is 2.56. The lowest BCUT2D eigenvalue weighted by atomic mass is 10.0. The molecule has 0 spiro atoms. The first-order chi connectivity index (χ1) is 9.93. The number of rotatable bonds is 7. The van der Waals surface area contributed by atoms with E-state index in [1.54, 1.807) is 0 Å². The van der Waals surface area contributed by atoms with Gasteiger partial charge in [-0.2, -0.15) is 0 Å². The third-order valence-corrected chi connectivity index (χ3v) is 3.55. The minimum absolute atomic E-state index is 0.360. The first-order valence-electron chi connectivity index (χ1n) is 7.41. The van der Waals surface area contributed by atoms with E-state index in [4.69, 9.17) is 12.2 Å². The Kier molecular flexibility index (Phi) is 7.47. The van der Waals surface area contributed by atoms with Gasteiger partial charge in [-0.25, -0.2) is 0 Å². The third kappa shape index (κ3) is 6.31. The fraction of sp³-hybridized carbons (Fsp3) is 0.562. The van der Waals surface area contributed by atoms with Crippen LogP contribution in [0, 0.1) is 6.92 Å². The topological polar surface area (TPSA) is 47.5 Å². The molecule has 0 radical (unpaired) electrons. The molecule has 0 amide bonds. The molecule has 1 rings (SSSR count). The van der Waals surface area contributed by atoms with Gasteiger partial charge < -0.3 is 20.6 Å². The summed E-state index contributed by atoms with van der Waals surface area (Å²) in [7, 11) is 4.05. The summed E-state index contributed by atoms with van der Waals surface area (Å²) < 4.78 is 0. The number of hydrogen-bond donors (Lipinski definition) is 3. The Labute approximate surface area is 133 Å². The van der Waals surface area contributed by atoms with Crippen molar-refractivity contribution in [2.75, 3.05) is 27.2 Å². The molecular formula is C16H27N3OS. The molecule has 3 N–H and O–H groups in total. The van der Waals surface area contributed by atoms with Gasteiger partial charge in [0.05, 0.1) is 0 Å². The molecule has 1 aromatic carbocycles. The summed E-state index contributed by atoms with van der Waals surface area (Å²) in [5.74, 6) is 0.360. The molecule has 0 fully saturated rings. The SMILES string of the molecule is CCCc1cc(C)c(O)c(CNC(=S)NCCN(C)C)c1. The number of nitrogens with zero attached hydrogens (tertiary/aromatic N) is 1. The average Bonchev–Trinajstić information content (AvgIpc) is 2.41. The second-order valence-corrected chi connectivity index (χ2v) is 5.99. The molecule has 1 aromatic rings. The summed E-state index contributed by atoms with van der Waals surface area (Å²) in [5, 5.41) is 17.1. The highest BCUT2D eigenvalue weighted by Gasteiger charge is 2.07. The fourth-order valence-corrected chi connectivity index (χ4v) is 2.31. The van der Waals surface area contributed by atoms with Crippen LogP contribution in [0.4, 0.5) is 0 Å². The van der Waals surface area contributed by atoms with E-state index in [-0.39, 0.29) is 0 Å². The van der Waals surface area contributed by atoms with Crippen LogP contribution in [0.5, 0.6) is 5.75 Å². The van der Waals surface area contributed by atoms with Gasteiger partial charge in [-0.15, -0.1) is 0 Å².